The summed E-state index contributed by atoms with van der Waals surface area (Å²) >= 11 is 0. The number of aryl methyl sites for hydroxylation is 1. The molecule has 0 aliphatic carbocycles. The Kier molecular flexibility index (Phi) is 4.02. The highest BCUT2D eigenvalue weighted by Crippen LogP contribution is 2.26. The zero-order valence-corrected chi connectivity index (χ0v) is 14.0. The zero-order chi connectivity index (χ0) is 17.2. The maximum atomic E-state index is 5.70. The summed E-state index contributed by atoms with van der Waals surface area (Å²) in [5.41, 5.74) is 9.18. The van der Waals surface area contributed by atoms with Crippen LogP contribution in [0.1, 0.15) is 0 Å². The van der Waals surface area contributed by atoms with Crippen molar-refractivity contribution in [2.75, 3.05) is 36.9 Å². The molecular weight excluding hydrogens is 318 g/mol. The lowest BCUT2D eigenvalue weighted by atomic mass is 10.1. The summed E-state index contributed by atoms with van der Waals surface area (Å²) in [4.78, 5) is 15.8. The number of nitrogens with two attached hydrogens (primary N) is 1. The van der Waals surface area contributed by atoms with E-state index in [2.05, 4.69) is 15.0 Å². The van der Waals surface area contributed by atoms with Crippen LogP contribution in [0.2, 0.25) is 0 Å². The molecule has 0 aromatic carbocycles. The monoisotopic (exact) mass is 337 g/mol. The van der Waals surface area contributed by atoms with E-state index in [-0.39, 0.29) is 0 Å². The molecule has 0 spiro atoms. The number of nitrogens with zero attached hydrogens (tertiary/aromatic N) is 6. The van der Waals surface area contributed by atoms with Gasteiger partial charge in [-0.05, 0) is 18.2 Å². The van der Waals surface area contributed by atoms with Gasteiger partial charge in [0.05, 0.1) is 30.8 Å². The standard InChI is InChI=1S/C17H19N7O/c1-23-11-13(10-20-23)15-8-14(12-2-3-16(18)19-9-12)21-17(22-15)24-4-6-25-7-5-24/h2-3,8-11H,4-7H2,1H3,(H2,18,19). The number of hydrogen-bond acceptors (Lipinski definition) is 7. The van der Waals surface area contributed by atoms with Crippen molar-refractivity contribution in [2.24, 2.45) is 7.05 Å². The van der Waals surface area contributed by atoms with Crippen LogP contribution < -0.4 is 10.6 Å². The average Bonchev–Trinajstić information content (AvgIpc) is 3.09. The minimum absolute atomic E-state index is 0.485. The van der Waals surface area contributed by atoms with Crippen LogP contribution in [0.3, 0.4) is 0 Å². The van der Waals surface area contributed by atoms with Gasteiger partial charge in [0.25, 0.3) is 0 Å². The predicted molar refractivity (Wildman–Crippen MR) is 94.9 cm³/mol. The molecule has 1 saturated heterocycles. The Morgan fingerprint density at radius 1 is 1.04 bits per heavy atom. The van der Waals surface area contributed by atoms with Gasteiger partial charge in [-0.2, -0.15) is 5.10 Å². The Bertz CT molecular complexity index is 869. The molecule has 1 fully saturated rings. The fourth-order valence-corrected chi connectivity index (χ4v) is 2.75. The van der Waals surface area contributed by atoms with E-state index in [4.69, 9.17) is 20.4 Å². The molecule has 25 heavy (non-hydrogen) atoms. The van der Waals surface area contributed by atoms with E-state index in [1.807, 2.05) is 25.4 Å². The van der Waals surface area contributed by atoms with Crippen LogP contribution in [0.4, 0.5) is 11.8 Å². The highest BCUT2D eigenvalue weighted by Gasteiger charge is 2.17. The van der Waals surface area contributed by atoms with E-state index in [9.17, 15) is 0 Å². The van der Waals surface area contributed by atoms with E-state index >= 15 is 0 Å². The molecule has 0 amide bonds. The summed E-state index contributed by atoms with van der Waals surface area (Å²) in [5, 5.41) is 4.24. The van der Waals surface area contributed by atoms with E-state index < -0.39 is 0 Å². The summed E-state index contributed by atoms with van der Waals surface area (Å²) in [7, 11) is 1.89. The summed E-state index contributed by atoms with van der Waals surface area (Å²) in [6.45, 7) is 2.91. The number of nitrogen functional groups attached to an aromatic ring is 1. The molecule has 2 N–H and O–H groups in total. The maximum Gasteiger partial charge on any atom is 0.226 e. The summed E-state index contributed by atoms with van der Waals surface area (Å²) in [5.74, 6) is 1.18. The molecule has 1 aliphatic rings. The highest BCUT2D eigenvalue weighted by atomic mass is 16.5. The van der Waals surface area contributed by atoms with E-state index in [1.165, 1.54) is 0 Å². The molecular formula is C17H19N7O. The fraction of sp³-hybridized carbons (Fsp3) is 0.294. The molecule has 1 aliphatic heterocycles. The van der Waals surface area contributed by atoms with Gasteiger partial charge in [-0.1, -0.05) is 0 Å². The third-order valence-corrected chi connectivity index (χ3v) is 4.09. The Morgan fingerprint density at radius 2 is 1.80 bits per heavy atom. The SMILES string of the molecule is Cn1cc(-c2cc(-c3ccc(N)nc3)nc(N3CCOCC3)n2)cn1. The van der Waals surface area contributed by atoms with Crippen molar-refractivity contribution < 1.29 is 4.74 Å². The van der Waals surface area contributed by atoms with E-state index in [0.29, 0.717) is 25.0 Å². The fourth-order valence-electron chi connectivity index (χ4n) is 2.75. The van der Waals surface area contributed by atoms with Crippen LogP contribution in [0.25, 0.3) is 22.5 Å². The Hall–Kier alpha value is -3.00. The lowest BCUT2D eigenvalue weighted by molar-refractivity contribution is 0.122. The van der Waals surface area contributed by atoms with Crippen molar-refractivity contribution in [3.8, 4) is 22.5 Å². The second-order valence-corrected chi connectivity index (χ2v) is 5.91. The Labute approximate surface area is 145 Å². The largest absolute Gasteiger partial charge is 0.384 e. The molecule has 4 rings (SSSR count). The second kappa shape index (κ2) is 6.48. The van der Waals surface area contributed by atoms with Crippen molar-refractivity contribution in [2.45, 2.75) is 0 Å². The van der Waals surface area contributed by atoms with Gasteiger partial charge >= 0.3 is 0 Å². The topological polar surface area (TPSA) is 95.0 Å². The zero-order valence-electron chi connectivity index (χ0n) is 14.0. The first-order chi connectivity index (χ1) is 12.2. The quantitative estimate of drug-likeness (QED) is 0.771. The summed E-state index contributed by atoms with van der Waals surface area (Å²) < 4.78 is 7.19. The molecule has 8 nitrogen and oxygen atoms in total. The van der Waals surface area contributed by atoms with Crippen LogP contribution in [0.5, 0.6) is 0 Å². The first-order valence-electron chi connectivity index (χ1n) is 8.12. The predicted octanol–water partition coefficient (Wildman–Crippen LogP) is 1.36. The molecule has 0 atom stereocenters. The molecule has 0 bridgehead atoms. The molecule has 4 heterocycles. The van der Waals surface area contributed by atoms with Crippen molar-refractivity contribution in [3.05, 3.63) is 36.8 Å². The van der Waals surface area contributed by atoms with Crippen LogP contribution in [0, 0.1) is 0 Å². The van der Waals surface area contributed by atoms with Crippen molar-refractivity contribution in [1.82, 2.24) is 24.7 Å². The molecule has 128 valence electrons. The van der Waals surface area contributed by atoms with Gasteiger partial charge in [-0.25, -0.2) is 15.0 Å². The maximum absolute atomic E-state index is 5.70. The van der Waals surface area contributed by atoms with Crippen LogP contribution in [-0.4, -0.2) is 51.0 Å². The number of anilines is 2. The van der Waals surface area contributed by atoms with Crippen LogP contribution in [-0.2, 0) is 11.8 Å². The molecule has 3 aromatic rings. The van der Waals surface area contributed by atoms with E-state index in [1.54, 1.807) is 23.1 Å². The molecule has 8 heteroatoms. The van der Waals surface area contributed by atoms with Crippen molar-refractivity contribution in [3.63, 3.8) is 0 Å². The number of ether oxygens (including phenoxy) is 1. The number of aromatic nitrogens is 5. The van der Waals surface area contributed by atoms with Crippen molar-refractivity contribution >= 4 is 11.8 Å². The number of morpholine rings is 1. The number of hydrogen-bond donors (Lipinski definition) is 1. The lowest BCUT2D eigenvalue weighted by Crippen LogP contribution is -2.37. The minimum atomic E-state index is 0.485. The lowest BCUT2D eigenvalue weighted by Gasteiger charge is -2.27. The minimum Gasteiger partial charge on any atom is -0.384 e. The second-order valence-electron chi connectivity index (χ2n) is 5.91. The summed E-state index contributed by atoms with van der Waals surface area (Å²) in [6, 6.07) is 5.64. The third kappa shape index (κ3) is 3.29. The Balaban J connectivity index is 1.80. The highest BCUT2D eigenvalue weighted by molar-refractivity contribution is 5.69. The third-order valence-electron chi connectivity index (χ3n) is 4.09. The van der Waals surface area contributed by atoms with Crippen molar-refractivity contribution in [1.29, 1.82) is 0 Å². The molecule has 0 saturated carbocycles. The number of pyridine rings is 1. The first kappa shape index (κ1) is 15.5. The number of rotatable bonds is 3. The first-order valence-corrected chi connectivity index (χ1v) is 8.12. The van der Waals surface area contributed by atoms with Crippen LogP contribution in [0.15, 0.2) is 36.8 Å². The van der Waals surface area contributed by atoms with Gasteiger partial charge in [-0.15, -0.1) is 0 Å². The van der Waals surface area contributed by atoms with Gasteiger partial charge in [0.2, 0.25) is 5.95 Å². The smallest absolute Gasteiger partial charge is 0.226 e. The normalized spacial score (nSPS) is 14.7. The average molecular weight is 337 g/mol. The van der Waals surface area contributed by atoms with Gasteiger partial charge in [0.15, 0.2) is 0 Å². The summed E-state index contributed by atoms with van der Waals surface area (Å²) in [6.07, 6.45) is 5.47. The van der Waals surface area contributed by atoms with Gasteiger partial charge < -0.3 is 15.4 Å². The van der Waals surface area contributed by atoms with Crippen LogP contribution >= 0.6 is 0 Å². The molecule has 0 unspecified atom stereocenters. The molecule has 3 aromatic heterocycles. The van der Waals surface area contributed by atoms with E-state index in [0.717, 1.165) is 35.6 Å². The molecule has 0 radical (unpaired) electrons. The van der Waals surface area contributed by atoms with Gasteiger partial charge in [0, 0.05) is 43.7 Å². The Morgan fingerprint density at radius 3 is 2.44 bits per heavy atom. The van der Waals surface area contributed by atoms with Gasteiger partial charge in [-0.3, -0.25) is 4.68 Å². The van der Waals surface area contributed by atoms with Gasteiger partial charge in [0.1, 0.15) is 5.82 Å².